The van der Waals surface area contributed by atoms with E-state index in [9.17, 15) is 9.59 Å². The highest BCUT2D eigenvalue weighted by molar-refractivity contribution is 5.97. The molecule has 5 heteroatoms. The van der Waals surface area contributed by atoms with Crippen molar-refractivity contribution < 1.29 is 14.3 Å². The first-order chi connectivity index (χ1) is 9.10. The number of amides is 2. The van der Waals surface area contributed by atoms with Gasteiger partial charge in [-0.2, -0.15) is 0 Å². The van der Waals surface area contributed by atoms with E-state index < -0.39 is 0 Å². The minimum Gasteiger partial charge on any atom is -0.497 e. The summed E-state index contributed by atoms with van der Waals surface area (Å²) in [6, 6.07) is 7.36. The maximum atomic E-state index is 11.9. The average molecular weight is 262 g/mol. The van der Waals surface area contributed by atoms with Gasteiger partial charge in [-0.1, -0.05) is 12.1 Å². The third-order valence-corrected chi connectivity index (χ3v) is 3.22. The largest absolute Gasteiger partial charge is 0.497 e. The van der Waals surface area contributed by atoms with E-state index in [4.69, 9.17) is 10.5 Å². The molecule has 1 aliphatic heterocycles. The monoisotopic (exact) mass is 262 g/mol. The standard InChI is InChI=1S/C14H18N2O3/c1-19-12-4-2-3-10(7-12)5-6-13(17)16-9-11(15)8-14(16)18/h2-4,7,11H,5-6,8-9,15H2,1H3. The molecule has 2 amide bonds. The van der Waals surface area contributed by atoms with Crippen LogP contribution in [0.2, 0.25) is 0 Å². The van der Waals surface area contributed by atoms with Crippen molar-refractivity contribution in [3.8, 4) is 5.75 Å². The second kappa shape index (κ2) is 5.84. The highest BCUT2D eigenvalue weighted by Crippen LogP contribution is 2.16. The van der Waals surface area contributed by atoms with Gasteiger partial charge >= 0.3 is 0 Å². The van der Waals surface area contributed by atoms with Gasteiger partial charge in [0.15, 0.2) is 0 Å². The van der Waals surface area contributed by atoms with E-state index in [0.29, 0.717) is 19.4 Å². The predicted molar refractivity (Wildman–Crippen MR) is 70.6 cm³/mol. The van der Waals surface area contributed by atoms with Crippen LogP contribution in [0.4, 0.5) is 0 Å². The maximum Gasteiger partial charge on any atom is 0.230 e. The molecule has 1 saturated heterocycles. The molecule has 1 heterocycles. The SMILES string of the molecule is COc1cccc(CCC(=O)N2CC(N)CC2=O)c1. The van der Waals surface area contributed by atoms with Crippen molar-refractivity contribution in [3.63, 3.8) is 0 Å². The highest BCUT2D eigenvalue weighted by atomic mass is 16.5. The summed E-state index contributed by atoms with van der Waals surface area (Å²) in [6.07, 6.45) is 1.17. The lowest BCUT2D eigenvalue weighted by atomic mass is 10.1. The first-order valence-corrected chi connectivity index (χ1v) is 6.32. The summed E-state index contributed by atoms with van der Waals surface area (Å²) in [6.45, 7) is 0.343. The summed E-state index contributed by atoms with van der Waals surface area (Å²) < 4.78 is 5.13. The number of hydrogen-bond donors (Lipinski definition) is 1. The lowest BCUT2D eigenvalue weighted by Crippen LogP contribution is -2.34. The molecule has 0 spiro atoms. The van der Waals surface area contributed by atoms with Gasteiger partial charge in [0.1, 0.15) is 5.75 Å². The number of hydrogen-bond acceptors (Lipinski definition) is 4. The quantitative estimate of drug-likeness (QED) is 0.867. The van der Waals surface area contributed by atoms with E-state index in [2.05, 4.69) is 0 Å². The summed E-state index contributed by atoms with van der Waals surface area (Å²) in [5.74, 6) is 0.452. The molecular weight excluding hydrogens is 244 g/mol. The number of carbonyl (C=O) groups excluding carboxylic acids is 2. The van der Waals surface area contributed by atoms with E-state index in [1.807, 2.05) is 24.3 Å². The molecule has 5 nitrogen and oxygen atoms in total. The topological polar surface area (TPSA) is 72.6 Å². The number of aryl methyl sites for hydroxylation is 1. The smallest absolute Gasteiger partial charge is 0.230 e. The van der Waals surface area contributed by atoms with E-state index in [1.165, 1.54) is 4.90 Å². The summed E-state index contributed by atoms with van der Waals surface area (Å²) in [5.41, 5.74) is 6.68. The van der Waals surface area contributed by atoms with Crippen molar-refractivity contribution in [2.45, 2.75) is 25.3 Å². The van der Waals surface area contributed by atoms with E-state index in [-0.39, 0.29) is 24.3 Å². The van der Waals surface area contributed by atoms with Crippen LogP contribution in [0.25, 0.3) is 0 Å². The van der Waals surface area contributed by atoms with Gasteiger partial charge in [-0.25, -0.2) is 0 Å². The number of carbonyl (C=O) groups is 2. The first kappa shape index (κ1) is 13.5. The second-order valence-corrected chi connectivity index (χ2v) is 4.71. The molecule has 102 valence electrons. The zero-order valence-electron chi connectivity index (χ0n) is 11.0. The Balaban J connectivity index is 1.91. The summed E-state index contributed by atoms with van der Waals surface area (Å²) in [5, 5.41) is 0. The fourth-order valence-electron chi connectivity index (χ4n) is 2.19. The van der Waals surface area contributed by atoms with Crippen molar-refractivity contribution in [1.82, 2.24) is 4.90 Å². The normalized spacial score (nSPS) is 18.7. The van der Waals surface area contributed by atoms with Gasteiger partial charge in [0.05, 0.1) is 7.11 Å². The lowest BCUT2D eigenvalue weighted by Gasteiger charge is -2.13. The molecular formula is C14H18N2O3. The van der Waals surface area contributed by atoms with Gasteiger partial charge in [0.25, 0.3) is 0 Å². The molecule has 1 aromatic carbocycles. The molecule has 0 aromatic heterocycles. The number of rotatable bonds is 4. The van der Waals surface area contributed by atoms with Crippen LogP contribution in [0.1, 0.15) is 18.4 Å². The van der Waals surface area contributed by atoms with Crippen molar-refractivity contribution in [1.29, 1.82) is 0 Å². The van der Waals surface area contributed by atoms with E-state index in [0.717, 1.165) is 11.3 Å². The third-order valence-electron chi connectivity index (χ3n) is 3.22. The number of nitrogens with zero attached hydrogens (tertiary/aromatic N) is 1. The second-order valence-electron chi connectivity index (χ2n) is 4.71. The Hall–Kier alpha value is -1.88. The van der Waals surface area contributed by atoms with Crippen LogP contribution in [-0.4, -0.2) is 36.4 Å². The first-order valence-electron chi connectivity index (χ1n) is 6.32. The molecule has 2 rings (SSSR count). The van der Waals surface area contributed by atoms with E-state index >= 15 is 0 Å². The molecule has 2 N–H and O–H groups in total. The summed E-state index contributed by atoms with van der Waals surface area (Å²) in [7, 11) is 1.61. The Morgan fingerprint density at radius 3 is 2.95 bits per heavy atom. The molecule has 1 atom stereocenters. The van der Waals surface area contributed by atoms with Gasteiger partial charge in [0, 0.05) is 25.4 Å². The van der Waals surface area contributed by atoms with Gasteiger partial charge in [-0.05, 0) is 24.1 Å². The van der Waals surface area contributed by atoms with Crippen molar-refractivity contribution in [2.24, 2.45) is 5.73 Å². The van der Waals surface area contributed by atoms with Crippen molar-refractivity contribution in [3.05, 3.63) is 29.8 Å². The van der Waals surface area contributed by atoms with Crippen LogP contribution >= 0.6 is 0 Å². The molecule has 0 aliphatic carbocycles. The van der Waals surface area contributed by atoms with E-state index in [1.54, 1.807) is 7.11 Å². The number of ether oxygens (including phenoxy) is 1. The molecule has 0 radical (unpaired) electrons. The van der Waals surface area contributed by atoms with Crippen LogP contribution in [0.15, 0.2) is 24.3 Å². The molecule has 1 fully saturated rings. The van der Waals surface area contributed by atoms with Gasteiger partial charge in [-0.3, -0.25) is 14.5 Å². The summed E-state index contributed by atoms with van der Waals surface area (Å²) >= 11 is 0. The minimum atomic E-state index is -0.215. The van der Waals surface area contributed by atoms with Gasteiger partial charge < -0.3 is 10.5 Å². The average Bonchev–Trinajstić information content (AvgIpc) is 2.75. The minimum absolute atomic E-state index is 0.152. The Kier molecular flexibility index (Phi) is 4.16. The molecule has 1 aliphatic rings. The zero-order valence-corrected chi connectivity index (χ0v) is 11.0. The van der Waals surface area contributed by atoms with Crippen LogP contribution in [0, 0.1) is 0 Å². The molecule has 1 aromatic rings. The molecule has 19 heavy (non-hydrogen) atoms. The number of nitrogens with two attached hydrogens (primary N) is 1. The zero-order chi connectivity index (χ0) is 13.8. The number of likely N-dealkylation sites (tertiary alicyclic amines) is 1. The van der Waals surface area contributed by atoms with Crippen LogP contribution in [-0.2, 0) is 16.0 Å². The van der Waals surface area contributed by atoms with Gasteiger partial charge in [-0.15, -0.1) is 0 Å². The predicted octanol–water partition coefficient (Wildman–Crippen LogP) is 0.714. The summed E-state index contributed by atoms with van der Waals surface area (Å²) in [4.78, 5) is 24.8. The van der Waals surface area contributed by atoms with Crippen LogP contribution in [0.3, 0.4) is 0 Å². The highest BCUT2D eigenvalue weighted by Gasteiger charge is 2.31. The van der Waals surface area contributed by atoms with Crippen LogP contribution < -0.4 is 10.5 Å². The Bertz CT molecular complexity index is 487. The number of benzene rings is 1. The molecule has 0 bridgehead atoms. The fourth-order valence-corrected chi connectivity index (χ4v) is 2.19. The Morgan fingerprint density at radius 2 is 2.32 bits per heavy atom. The maximum absolute atomic E-state index is 11.9. The lowest BCUT2D eigenvalue weighted by molar-refractivity contribution is -0.141. The van der Waals surface area contributed by atoms with Gasteiger partial charge in [0.2, 0.25) is 11.8 Å². The third kappa shape index (κ3) is 3.32. The van der Waals surface area contributed by atoms with Crippen LogP contribution in [0.5, 0.6) is 5.75 Å². The van der Waals surface area contributed by atoms with Crippen molar-refractivity contribution in [2.75, 3.05) is 13.7 Å². The molecule has 0 saturated carbocycles. The number of imide groups is 1. The Morgan fingerprint density at radius 1 is 1.53 bits per heavy atom. The fraction of sp³-hybridized carbons (Fsp3) is 0.429. The Labute approximate surface area is 112 Å². The molecule has 1 unspecified atom stereocenters. The number of methoxy groups -OCH3 is 1. The van der Waals surface area contributed by atoms with Crippen molar-refractivity contribution >= 4 is 11.8 Å².